The van der Waals surface area contributed by atoms with Crippen LogP contribution in [0.3, 0.4) is 0 Å². The molecule has 0 fully saturated rings. The number of rotatable bonds is 5. The van der Waals surface area contributed by atoms with Gasteiger partial charge in [0.1, 0.15) is 0 Å². The summed E-state index contributed by atoms with van der Waals surface area (Å²) in [5.41, 5.74) is 2.24. The molecule has 0 unspecified atom stereocenters. The largest absolute Gasteiger partial charge is 0.345 e. The Hall–Kier alpha value is -1.84. The van der Waals surface area contributed by atoms with Crippen molar-refractivity contribution in [2.24, 2.45) is 0 Å². The van der Waals surface area contributed by atoms with Crippen LogP contribution in [0.5, 0.6) is 0 Å². The zero-order valence-electron chi connectivity index (χ0n) is 11.8. The number of benzene rings is 1. The van der Waals surface area contributed by atoms with Gasteiger partial charge in [0.2, 0.25) is 0 Å². The average molecular weight is 262 g/mol. The molecule has 0 bridgehead atoms. The topological polar surface area (TPSA) is 58.2 Å². The van der Waals surface area contributed by atoms with E-state index in [0.29, 0.717) is 6.54 Å². The molecule has 2 N–H and O–H groups in total. The summed E-state index contributed by atoms with van der Waals surface area (Å²) in [5, 5.41) is 5.25. The Morgan fingerprint density at radius 1 is 1.05 bits per heavy atom. The fourth-order valence-electron chi connectivity index (χ4n) is 1.55. The Morgan fingerprint density at radius 2 is 1.63 bits per heavy atom. The van der Waals surface area contributed by atoms with Crippen LogP contribution in [0.25, 0.3) is 0 Å². The molecule has 1 rings (SSSR count). The Balaban J connectivity index is 2.42. The van der Waals surface area contributed by atoms with Gasteiger partial charge in [-0.1, -0.05) is 38.1 Å². The second kappa shape index (κ2) is 7.56. The zero-order valence-corrected chi connectivity index (χ0v) is 11.8. The molecule has 2 amide bonds. The lowest BCUT2D eigenvalue weighted by molar-refractivity contribution is -0.139. The molecule has 0 radical (unpaired) electrons. The first-order valence-corrected chi connectivity index (χ1v) is 6.73. The van der Waals surface area contributed by atoms with Gasteiger partial charge in [-0.25, -0.2) is 0 Å². The summed E-state index contributed by atoms with van der Waals surface area (Å²) in [6.07, 6.45) is 1.79. The van der Waals surface area contributed by atoms with Crippen molar-refractivity contribution in [1.29, 1.82) is 0 Å². The van der Waals surface area contributed by atoms with Gasteiger partial charge in [0.05, 0.1) is 0 Å². The summed E-state index contributed by atoms with van der Waals surface area (Å²) in [6, 6.07) is 8.00. The van der Waals surface area contributed by atoms with E-state index in [1.165, 1.54) is 5.56 Å². The molecule has 4 heteroatoms. The standard InChI is InChI=1S/C15H22N2O2/c1-4-11(3)17-15(19)14(18)16-10-13-8-6-12(5-2)7-9-13/h6-9,11H,4-5,10H2,1-3H3,(H,16,18)(H,17,19)/t11-/m1/s1. The van der Waals surface area contributed by atoms with Gasteiger partial charge >= 0.3 is 11.8 Å². The number of hydrogen-bond acceptors (Lipinski definition) is 2. The molecule has 0 heterocycles. The summed E-state index contributed by atoms with van der Waals surface area (Å²) in [7, 11) is 0. The number of aryl methyl sites for hydroxylation is 1. The lowest BCUT2D eigenvalue weighted by Crippen LogP contribution is -2.43. The first-order chi connectivity index (χ1) is 9.06. The molecule has 1 atom stereocenters. The van der Waals surface area contributed by atoms with Crippen molar-refractivity contribution in [3.05, 3.63) is 35.4 Å². The number of nitrogens with one attached hydrogen (secondary N) is 2. The molecule has 0 aliphatic carbocycles. The predicted molar refractivity (Wildman–Crippen MR) is 75.6 cm³/mol. The number of hydrogen-bond donors (Lipinski definition) is 2. The Bertz CT molecular complexity index is 426. The van der Waals surface area contributed by atoms with Crippen molar-refractivity contribution >= 4 is 11.8 Å². The van der Waals surface area contributed by atoms with E-state index in [9.17, 15) is 9.59 Å². The summed E-state index contributed by atoms with van der Waals surface area (Å²) < 4.78 is 0. The highest BCUT2D eigenvalue weighted by molar-refractivity contribution is 6.35. The first-order valence-electron chi connectivity index (χ1n) is 6.73. The third-order valence-electron chi connectivity index (χ3n) is 3.08. The van der Waals surface area contributed by atoms with E-state index in [1.54, 1.807) is 0 Å². The number of carbonyl (C=O) groups is 2. The van der Waals surface area contributed by atoms with Crippen LogP contribution >= 0.6 is 0 Å². The molecule has 19 heavy (non-hydrogen) atoms. The SMILES string of the molecule is CCc1ccc(CNC(=O)C(=O)N[C@H](C)CC)cc1. The summed E-state index contributed by atoms with van der Waals surface area (Å²) >= 11 is 0. The number of amides is 2. The lowest BCUT2D eigenvalue weighted by atomic mass is 10.1. The minimum Gasteiger partial charge on any atom is -0.345 e. The van der Waals surface area contributed by atoms with Crippen LogP contribution in [0, 0.1) is 0 Å². The summed E-state index contributed by atoms with van der Waals surface area (Å²) in [5.74, 6) is -1.15. The van der Waals surface area contributed by atoms with Crippen molar-refractivity contribution < 1.29 is 9.59 Å². The van der Waals surface area contributed by atoms with Gasteiger partial charge in [-0.3, -0.25) is 9.59 Å². The third kappa shape index (κ3) is 5.12. The fourth-order valence-corrected chi connectivity index (χ4v) is 1.55. The maximum Gasteiger partial charge on any atom is 0.309 e. The minimum absolute atomic E-state index is 0.0158. The average Bonchev–Trinajstić information content (AvgIpc) is 2.44. The lowest BCUT2D eigenvalue weighted by Gasteiger charge is -2.11. The van der Waals surface area contributed by atoms with Gasteiger partial charge in [-0.15, -0.1) is 0 Å². The summed E-state index contributed by atoms with van der Waals surface area (Å²) in [6.45, 7) is 6.29. The molecular weight excluding hydrogens is 240 g/mol. The van der Waals surface area contributed by atoms with Crippen LogP contribution in [0.1, 0.15) is 38.3 Å². The summed E-state index contributed by atoms with van der Waals surface area (Å²) in [4.78, 5) is 23.1. The monoisotopic (exact) mass is 262 g/mol. The van der Waals surface area contributed by atoms with Crippen LogP contribution in [0.4, 0.5) is 0 Å². The Labute approximate surface area is 114 Å². The van der Waals surface area contributed by atoms with Crippen molar-refractivity contribution in [3.8, 4) is 0 Å². The minimum atomic E-state index is -0.583. The molecule has 0 aliphatic rings. The van der Waals surface area contributed by atoms with Crippen LogP contribution in [0.2, 0.25) is 0 Å². The van der Waals surface area contributed by atoms with E-state index < -0.39 is 11.8 Å². The number of carbonyl (C=O) groups excluding carboxylic acids is 2. The van der Waals surface area contributed by atoms with Gasteiger partial charge in [-0.05, 0) is 30.9 Å². The highest BCUT2D eigenvalue weighted by atomic mass is 16.2. The molecule has 1 aromatic carbocycles. The van der Waals surface area contributed by atoms with Crippen LogP contribution in [-0.4, -0.2) is 17.9 Å². The normalized spacial score (nSPS) is 11.7. The van der Waals surface area contributed by atoms with E-state index >= 15 is 0 Å². The molecule has 0 saturated heterocycles. The Morgan fingerprint density at radius 3 is 2.16 bits per heavy atom. The van der Waals surface area contributed by atoms with Crippen LogP contribution in [-0.2, 0) is 22.6 Å². The quantitative estimate of drug-likeness (QED) is 0.795. The van der Waals surface area contributed by atoms with Crippen molar-refractivity contribution in [2.75, 3.05) is 0 Å². The molecule has 0 aromatic heterocycles. The molecular formula is C15H22N2O2. The van der Waals surface area contributed by atoms with Crippen molar-refractivity contribution in [3.63, 3.8) is 0 Å². The van der Waals surface area contributed by atoms with E-state index in [2.05, 4.69) is 17.6 Å². The van der Waals surface area contributed by atoms with E-state index in [1.807, 2.05) is 38.1 Å². The van der Waals surface area contributed by atoms with Gasteiger partial charge in [-0.2, -0.15) is 0 Å². The van der Waals surface area contributed by atoms with E-state index in [0.717, 1.165) is 18.4 Å². The van der Waals surface area contributed by atoms with Crippen LogP contribution in [0.15, 0.2) is 24.3 Å². The molecule has 0 saturated carbocycles. The van der Waals surface area contributed by atoms with Crippen molar-refractivity contribution in [1.82, 2.24) is 10.6 Å². The maximum atomic E-state index is 11.6. The smallest absolute Gasteiger partial charge is 0.309 e. The van der Waals surface area contributed by atoms with Gasteiger partial charge in [0, 0.05) is 12.6 Å². The third-order valence-corrected chi connectivity index (χ3v) is 3.08. The van der Waals surface area contributed by atoms with Gasteiger partial charge in [0.25, 0.3) is 0 Å². The van der Waals surface area contributed by atoms with Gasteiger partial charge in [0.15, 0.2) is 0 Å². The molecule has 4 nitrogen and oxygen atoms in total. The van der Waals surface area contributed by atoms with E-state index in [-0.39, 0.29) is 6.04 Å². The highest BCUT2D eigenvalue weighted by Gasteiger charge is 2.14. The molecule has 1 aromatic rings. The molecule has 0 spiro atoms. The van der Waals surface area contributed by atoms with Gasteiger partial charge < -0.3 is 10.6 Å². The first kappa shape index (κ1) is 15.2. The van der Waals surface area contributed by atoms with E-state index in [4.69, 9.17) is 0 Å². The molecule has 104 valence electrons. The Kier molecular flexibility index (Phi) is 6.06. The predicted octanol–water partition coefficient (Wildman–Crippen LogP) is 1.78. The highest BCUT2D eigenvalue weighted by Crippen LogP contribution is 2.04. The maximum absolute atomic E-state index is 11.6. The zero-order chi connectivity index (χ0) is 14.3. The van der Waals surface area contributed by atoms with Crippen LogP contribution < -0.4 is 10.6 Å². The van der Waals surface area contributed by atoms with Crippen molar-refractivity contribution in [2.45, 2.75) is 46.2 Å². The fraction of sp³-hybridized carbons (Fsp3) is 0.467. The second-order valence-electron chi connectivity index (χ2n) is 4.64. The molecule has 0 aliphatic heterocycles. The second-order valence-corrected chi connectivity index (χ2v) is 4.64.